The van der Waals surface area contributed by atoms with E-state index in [0.717, 1.165) is 5.69 Å². The largest absolute Gasteiger partial charge is 0.497 e. The van der Waals surface area contributed by atoms with E-state index in [4.69, 9.17) is 22.1 Å². The van der Waals surface area contributed by atoms with E-state index in [1.165, 1.54) is 0 Å². The molecule has 3 aromatic rings. The van der Waals surface area contributed by atoms with Crippen LogP contribution < -0.4 is 10.5 Å². The van der Waals surface area contributed by atoms with Gasteiger partial charge >= 0.3 is 0 Å². The second-order valence-electron chi connectivity index (χ2n) is 4.34. The van der Waals surface area contributed by atoms with Crippen molar-refractivity contribution in [1.82, 2.24) is 20.2 Å². The quantitative estimate of drug-likeness (QED) is 0.752. The third kappa shape index (κ3) is 2.53. The van der Waals surface area contributed by atoms with Gasteiger partial charge in [-0.25, -0.2) is 0 Å². The van der Waals surface area contributed by atoms with Crippen LogP contribution >= 0.6 is 11.6 Å². The lowest BCUT2D eigenvalue weighted by atomic mass is 10.1. The van der Waals surface area contributed by atoms with Crippen molar-refractivity contribution in [3.8, 4) is 22.8 Å². The second kappa shape index (κ2) is 5.41. The van der Waals surface area contributed by atoms with Gasteiger partial charge in [0.15, 0.2) is 5.82 Å². The zero-order chi connectivity index (χ0) is 14.8. The van der Waals surface area contributed by atoms with Gasteiger partial charge in [0, 0.05) is 16.3 Å². The molecule has 1 heterocycles. The summed E-state index contributed by atoms with van der Waals surface area (Å²) in [5.41, 5.74) is 8.09. The average Bonchev–Trinajstić information content (AvgIpc) is 2.98. The SMILES string of the molecule is COc1ccc(N)c(-c2nnnn2-c2ccc(Cl)cc2)c1. The number of halogens is 1. The van der Waals surface area contributed by atoms with Gasteiger partial charge in [-0.3, -0.25) is 0 Å². The fourth-order valence-corrected chi connectivity index (χ4v) is 2.09. The van der Waals surface area contributed by atoms with E-state index < -0.39 is 0 Å². The molecule has 0 bridgehead atoms. The van der Waals surface area contributed by atoms with Crippen LogP contribution in [0.25, 0.3) is 17.1 Å². The Labute approximate surface area is 126 Å². The number of nitrogens with zero attached hydrogens (tertiary/aromatic N) is 4. The molecule has 3 rings (SSSR count). The molecule has 0 aliphatic rings. The van der Waals surface area contributed by atoms with E-state index in [9.17, 15) is 0 Å². The van der Waals surface area contributed by atoms with Crippen molar-refractivity contribution in [2.75, 3.05) is 12.8 Å². The Morgan fingerprint density at radius 2 is 1.90 bits per heavy atom. The summed E-state index contributed by atoms with van der Waals surface area (Å²) < 4.78 is 6.82. The summed E-state index contributed by atoms with van der Waals surface area (Å²) in [6.07, 6.45) is 0. The Balaban J connectivity index is 2.13. The maximum atomic E-state index is 6.02. The highest BCUT2D eigenvalue weighted by Crippen LogP contribution is 2.29. The number of tetrazole rings is 1. The van der Waals surface area contributed by atoms with E-state index in [1.807, 2.05) is 12.1 Å². The number of hydrogen-bond donors (Lipinski definition) is 1. The molecule has 0 unspecified atom stereocenters. The number of aromatic nitrogens is 4. The lowest BCUT2D eigenvalue weighted by molar-refractivity contribution is 0.415. The standard InChI is InChI=1S/C14H12ClN5O/c1-21-11-6-7-13(16)12(8-11)14-17-18-19-20(14)10-4-2-9(15)3-5-10/h2-8H,16H2,1H3. The smallest absolute Gasteiger partial charge is 0.189 e. The van der Waals surface area contributed by atoms with Gasteiger partial charge < -0.3 is 10.5 Å². The molecule has 0 saturated heterocycles. The minimum Gasteiger partial charge on any atom is -0.497 e. The molecule has 1 aromatic heterocycles. The summed E-state index contributed by atoms with van der Waals surface area (Å²) in [5, 5.41) is 12.4. The van der Waals surface area contributed by atoms with Crippen molar-refractivity contribution < 1.29 is 4.74 Å². The number of benzene rings is 2. The number of hydrogen-bond acceptors (Lipinski definition) is 5. The number of nitrogens with two attached hydrogens (primary N) is 1. The van der Waals surface area contributed by atoms with Crippen LogP contribution in [0.2, 0.25) is 5.02 Å². The van der Waals surface area contributed by atoms with E-state index in [2.05, 4.69) is 15.5 Å². The van der Waals surface area contributed by atoms with Crippen molar-refractivity contribution in [2.45, 2.75) is 0 Å². The third-order valence-corrected chi connectivity index (χ3v) is 3.29. The van der Waals surface area contributed by atoms with Crippen molar-refractivity contribution in [1.29, 1.82) is 0 Å². The molecule has 0 aliphatic carbocycles. The van der Waals surface area contributed by atoms with E-state index in [-0.39, 0.29) is 0 Å². The second-order valence-corrected chi connectivity index (χ2v) is 4.78. The van der Waals surface area contributed by atoms with E-state index in [1.54, 1.807) is 42.1 Å². The molecule has 0 atom stereocenters. The Morgan fingerprint density at radius 3 is 2.62 bits per heavy atom. The fraction of sp³-hybridized carbons (Fsp3) is 0.0714. The van der Waals surface area contributed by atoms with Crippen LogP contribution in [0.15, 0.2) is 42.5 Å². The molecule has 2 N–H and O–H groups in total. The molecular formula is C14H12ClN5O. The Bertz CT molecular complexity index is 769. The van der Waals surface area contributed by atoms with Crippen LogP contribution in [0.1, 0.15) is 0 Å². The first-order valence-electron chi connectivity index (χ1n) is 6.17. The minimum absolute atomic E-state index is 0.536. The van der Waals surface area contributed by atoms with Crippen LogP contribution in [-0.2, 0) is 0 Å². The highest BCUT2D eigenvalue weighted by atomic mass is 35.5. The topological polar surface area (TPSA) is 78.8 Å². The molecule has 2 aromatic carbocycles. The highest BCUT2D eigenvalue weighted by molar-refractivity contribution is 6.30. The van der Waals surface area contributed by atoms with Crippen molar-refractivity contribution >= 4 is 17.3 Å². The van der Waals surface area contributed by atoms with Gasteiger partial charge in [0.25, 0.3) is 0 Å². The van der Waals surface area contributed by atoms with Gasteiger partial charge in [-0.05, 0) is 52.9 Å². The molecule has 21 heavy (non-hydrogen) atoms. The zero-order valence-electron chi connectivity index (χ0n) is 11.2. The Hall–Kier alpha value is -2.60. The number of anilines is 1. The molecule has 7 heteroatoms. The summed E-state index contributed by atoms with van der Waals surface area (Å²) >= 11 is 5.90. The van der Waals surface area contributed by atoms with Gasteiger partial charge in [0.1, 0.15) is 5.75 Å². The van der Waals surface area contributed by atoms with Gasteiger partial charge in [0.05, 0.1) is 12.8 Å². The number of ether oxygens (including phenoxy) is 1. The molecule has 0 spiro atoms. The Kier molecular flexibility index (Phi) is 3.45. The molecule has 6 nitrogen and oxygen atoms in total. The van der Waals surface area contributed by atoms with Gasteiger partial charge in [-0.2, -0.15) is 4.68 Å². The van der Waals surface area contributed by atoms with Crippen molar-refractivity contribution in [3.05, 3.63) is 47.5 Å². The van der Waals surface area contributed by atoms with Crippen LogP contribution in [0.4, 0.5) is 5.69 Å². The van der Waals surface area contributed by atoms with Gasteiger partial charge in [-0.1, -0.05) is 11.6 Å². The molecule has 0 saturated carbocycles. The molecule has 106 valence electrons. The maximum absolute atomic E-state index is 6.02. The van der Waals surface area contributed by atoms with Crippen LogP contribution in [-0.4, -0.2) is 27.3 Å². The van der Waals surface area contributed by atoms with E-state index in [0.29, 0.717) is 27.8 Å². The van der Waals surface area contributed by atoms with Gasteiger partial charge in [-0.15, -0.1) is 5.10 Å². The number of nitrogen functional groups attached to an aromatic ring is 1. The van der Waals surface area contributed by atoms with Crippen molar-refractivity contribution in [3.63, 3.8) is 0 Å². The third-order valence-electron chi connectivity index (χ3n) is 3.04. The number of methoxy groups -OCH3 is 1. The molecule has 0 radical (unpaired) electrons. The first-order valence-corrected chi connectivity index (χ1v) is 6.55. The summed E-state index contributed by atoms with van der Waals surface area (Å²) in [4.78, 5) is 0. The molecule has 0 aliphatic heterocycles. The molecular weight excluding hydrogens is 290 g/mol. The zero-order valence-corrected chi connectivity index (χ0v) is 11.9. The molecule has 0 fully saturated rings. The summed E-state index contributed by atoms with van der Waals surface area (Å²) in [5.74, 6) is 1.22. The maximum Gasteiger partial charge on any atom is 0.189 e. The van der Waals surface area contributed by atoms with Crippen LogP contribution in [0.5, 0.6) is 5.75 Å². The lowest BCUT2D eigenvalue weighted by Gasteiger charge is -2.08. The normalized spacial score (nSPS) is 10.6. The van der Waals surface area contributed by atoms with Crippen LogP contribution in [0, 0.1) is 0 Å². The monoisotopic (exact) mass is 301 g/mol. The predicted molar refractivity (Wildman–Crippen MR) is 80.6 cm³/mol. The molecule has 0 amide bonds. The Morgan fingerprint density at radius 1 is 1.14 bits per heavy atom. The fourth-order valence-electron chi connectivity index (χ4n) is 1.97. The summed E-state index contributed by atoms with van der Waals surface area (Å²) in [6.45, 7) is 0. The number of rotatable bonds is 3. The predicted octanol–water partition coefficient (Wildman–Crippen LogP) is 2.57. The van der Waals surface area contributed by atoms with E-state index >= 15 is 0 Å². The summed E-state index contributed by atoms with van der Waals surface area (Å²) in [7, 11) is 1.59. The minimum atomic E-state index is 0.536. The van der Waals surface area contributed by atoms with Crippen LogP contribution in [0.3, 0.4) is 0 Å². The summed E-state index contributed by atoms with van der Waals surface area (Å²) in [6, 6.07) is 12.6. The highest BCUT2D eigenvalue weighted by Gasteiger charge is 2.14. The lowest BCUT2D eigenvalue weighted by Crippen LogP contribution is -2.02. The first kappa shape index (κ1) is 13.4. The average molecular weight is 302 g/mol. The van der Waals surface area contributed by atoms with Gasteiger partial charge in [0.2, 0.25) is 0 Å². The van der Waals surface area contributed by atoms with Crippen molar-refractivity contribution in [2.24, 2.45) is 0 Å². The first-order chi connectivity index (χ1) is 10.2.